The molecule has 0 aliphatic rings. The Hall–Kier alpha value is -1.56. The molecular formula is C22H24Br2N2O4S2. The Labute approximate surface area is 207 Å². The lowest BCUT2D eigenvalue weighted by Crippen LogP contribution is -2.33. The molecule has 0 bridgehead atoms. The minimum atomic E-state index is -3.77. The summed E-state index contributed by atoms with van der Waals surface area (Å²) in [6, 6.07) is 13.1. The first-order valence-electron chi connectivity index (χ1n) is 9.52. The molecule has 0 N–H and O–H groups in total. The third-order valence-corrected chi connectivity index (χ3v) is 10.0. The summed E-state index contributed by atoms with van der Waals surface area (Å²) >= 11 is 6.57. The minimum Gasteiger partial charge on any atom is -0.207 e. The summed E-state index contributed by atoms with van der Waals surface area (Å²) in [5.41, 5.74) is 0. The molecule has 0 unspecified atom stereocenters. The second-order valence-corrected chi connectivity index (χ2v) is 12.1. The smallest absolute Gasteiger partial charge is 0.207 e. The van der Waals surface area contributed by atoms with Crippen LogP contribution in [0.2, 0.25) is 0 Å². The van der Waals surface area contributed by atoms with E-state index in [2.05, 4.69) is 45.0 Å². The van der Waals surface area contributed by atoms with E-state index in [1.165, 1.54) is 32.9 Å². The van der Waals surface area contributed by atoms with Gasteiger partial charge in [-0.1, -0.05) is 48.6 Å². The van der Waals surface area contributed by atoms with Crippen molar-refractivity contribution in [1.82, 2.24) is 8.61 Å². The van der Waals surface area contributed by atoms with Crippen molar-refractivity contribution < 1.29 is 16.8 Å². The van der Waals surface area contributed by atoms with Crippen molar-refractivity contribution >= 4 is 51.9 Å². The summed E-state index contributed by atoms with van der Waals surface area (Å²) in [5.74, 6) is 0. The summed E-state index contributed by atoms with van der Waals surface area (Å²) in [5, 5.41) is 0. The van der Waals surface area contributed by atoms with Gasteiger partial charge in [0.15, 0.2) is 0 Å². The first-order valence-corrected chi connectivity index (χ1v) is 14.0. The van der Waals surface area contributed by atoms with Crippen molar-refractivity contribution in [1.29, 1.82) is 0 Å². The van der Waals surface area contributed by atoms with Gasteiger partial charge in [0, 0.05) is 35.1 Å². The molecule has 0 saturated heterocycles. The maximum absolute atomic E-state index is 13.0. The maximum Gasteiger partial charge on any atom is 0.244 e. The van der Waals surface area contributed by atoms with Crippen LogP contribution in [0.4, 0.5) is 0 Å². The first kappa shape index (κ1) is 26.7. The van der Waals surface area contributed by atoms with E-state index >= 15 is 0 Å². The fraction of sp³-hybridized carbons (Fsp3) is 0.182. The van der Waals surface area contributed by atoms with Gasteiger partial charge in [-0.15, -0.1) is 13.2 Å². The average molecular weight is 604 g/mol. The molecule has 2 aromatic carbocycles. The number of hydrogen-bond donors (Lipinski definition) is 0. The molecule has 0 aliphatic carbocycles. The highest BCUT2D eigenvalue weighted by Crippen LogP contribution is 2.26. The Balaban J connectivity index is 2.21. The van der Waals surface area contributed by atoms with Gasteiger partial charge in [-0.25, -0.2) is 16.8 Å². The molecule has 10 heteroatoms. The molecule has 0 heterocycles. The van der Waals surface area contributed by atoms with Gasteiger partial charge in [0.25, 0.3) is 0 Å². The van der Waals surface area contributed by atoms with Crippen LogP contribution in [0.5, 0.6) is 0 Å². The number of sulfonamides is 2. The summed E-state index contributed by atoms with van der Waals surface area (Å²) < 4.78 is 55.6. The van der Waals surface area contributed by atoms with Gasteiger partial charge in [0.05, 0.1) is 9.79 Å². The first-order chi connectivity index (χ1) is 15.2. The quantitative estimate of drug-likeness (QED) is 0.326. The molecule has 2 aromatic rings. The van der Waals surface area contributed by atoms with Crippen LogP contribution in [-0.4, -0.2) is 51.6 Å². The van der Waals surface area contributed by atoms with Crippen molar-refractivity contribution in [2.24, 2.45) is 0 Å². The van der Waals surface area contributed by atoms with Crippen LogP contribution in [0.1, 0.15) is 0 Å². The van der Waals surface area contributed by atoms with Gasteiger partial charge in [-0.2, -0.15) is 8.61 Å². The molecule has 172 valence electrons. The molecule has 0 amide bonds. The van der Waals surface area contributed by atoms with E-state index in [0.29, 0.717) is 8.95 Å². The van der Waals surface area contributed by atoms with E-state index < -0.39 is 20.0 Å². The second kappa shape index (κ2) is 12.1. The van der Waals surface area contributed by atoms with Crippen LogP contribution >= 0.6 is 31.9 Å². The second-order valence-electron chi connectivity index (χ2n) is 6.55. The summed E-state index contributed by atoms with van der Waals surface area (Å²) in [6.07, 6.45) is 6.26. The maximum atomic E-state index is 13.0. The highest BCUT2D eigenvalue weighted by atomic mass is 79.9. The Morgan fingerprint density at radius 2 is 1.00 bits per heavy atom. The van der Waals surface area contributed by atoms with E-state index in [-0.39, 0.29) is 36.0 Å². The van der Waals surface area contributed by atoms with Crippen molar-refractivity contribution in [2.75, 3.05) is 26.2 Å². The number of halogens is 2. The largest absolute Gasteiger partial charge is 0.244 e. The van der Waals surface area contributed by atoms with Crippen LogP contribution in [0, 0.1) is 0 Å². The summed E-state index contributed by atoms with van der Waals surface area (Å²) in [6.45, 7) is 7.63. The van der Waals surface area contributed by atoms with E-state index in [9.17, 15) is 16.8 Å². The Bertz CT molecular complexity index is 1100. The molecule has 32 heavy (non-hydrogen) atoms. The zero-order valence-electron chi connectivity index (χ0n) is 17.3. The molecule has 0 aliphatic heterocycles. The highest BCUT2D eigenvalue weighted by molar-refractivity contribution is 9.10. The molecule has 0 radical (unpaired) electrons. The standard InChI is InChI=1S/C22H24Br2N2O4S2/c1-3-15-25(31(27,28)21-13-7-5-11-19(21)23)17-9-10-18-26(16-4-2)32(29,30)22-14-8-6-12-20(22)24/h3-14H,1-2,15-18H2/b10-9+. The van der Waals surface area contributed by atoms with Crippen molar-refractivity contribution in [3.8, 4) is 0 Å². The van der Waals surface area contributed by atoms with Gasteiger partial charge in [-0.05, 0) is 56.1 Å². The van der Waals surface area contributed by atoms with E-state index in [0.717, 1.165) is 0 Å². The number of rotatable bonds is 12. The van der Waals surface area contributed by atoms with Gasteiger partial charge in [0.1, 0.15) is 0 Å². The molecule has 0 spiro atoms. The topological polar surface area (TPSA) is 74.8 Å². The van der Waals surface area contributed by atoms with Crippen molar-refractivity contribution in [3.63, 3.8) is 0 Å². The summed E-state index contributed by atoms with van der Waals surface area (Å²) in [4.78, 5) is 0.306. The number of nitrogens with zero attached hydrogens (tertiary/aromatic N) is 2. The number of benzene rings is 2. The Morgan fingerprint density at radius 1 is 0.656 bits per heavy atom. The van der Waals surface area contributed by atoms with E-state index in [4.69, 9.17) is 0 Å². The summed E-state index contributed by atoms with van der Waals surface area (Å²) in [7, 11) is -7.54. The zero-order chi connectivity index (χ0) is 23.8. The lowest BCUT2D eigenvalue weighted by Gasteiger charge is -2.21. The van der Waals surface area contributed by atoms with Crippen LogP contribution in [-0.2, 0) is 20.0 Å². The monoisotopic (exact) mass is 602 g/mol. The average Bonchev–Trinajstić information content (AvgIpc) is 2.75. The lowest BCUT2D eigenvalue weighted by atomic mass is 10.4. The molecule has 0 saturated carbocycles. The van der Waals surface area contributed by atoms with Crippen LogP contribution in [0.15, 0.2) is 105 Å². The van der Waals surface area contributed by atoms with Crippen LogP contribution in [0.3, 0.4) is 0 Å². The van der Waals surface area contributed by atoms with Gasteiger partial charge in [0.2, 0.25) is 20.0 Å². The Morgan fingerprint density at radius 3 is 1.31 bits per heavy atom. The van der Waals surface area contributed by atoms with E-state index in [1.54, 1.807) is 48.6 Å². The van der Waals surface area contributed by atoms with Crippen molar-refractivity contribution in [3.05, 3.63) is 94.9 Å². The highest BCUT2D eigenvalue weighted by Gasteiger charge is 2.26. The SMILES string of the molecule is C=CCN(C/C=C/CN(CC=C)S(=O)(=O)c1ccccc1Br)S(=O)(=O)c1ccccc1Br. The normalized spacial score (nSPS) is 12.5. The number of hydrogen-bond acceptors (Lipinski definition) is 4. The fourth-order valence-corrected chi connectivity index (χ4v) is 7.45. The van der Waals surface area contributed by atoms with Crippen LogP contribution in [0.25, 0.3) is 0 Å². The third kappa shape index (κ3) is 6.49. The third-order valence-electron chi connectivity index (χ3n) is 4.36. The predicted molar refractivity (Wildman–Crippen MR) is 135 cm³/mol. The fourth-order valence-electron chi connectivity index (χ4n) is 2.80. The minimum absolute atomic E-state index is 0.0622. The molecule has 2 rings (SSSR count). The van der Waals surface area contributed by atoms with Crippen LogP contribution < -0.4 is 0 Å². The van der Waals surface area contributed by atoms with Crippen molar-refractivity contribution in [2.45, 2.75) is 9.79 Å². The molecular weight excluding hydrogens is 580 g/mol. The molecule has 6 nitrogen and oxygen atoms in total. The molecule has 0 aromatic heterocycles. The molecule has 0 fully saturated rings. The van der Waals surface area contributed by atoms with E-state index in [1.807, 2.05) is 0 Å². The lowest BCUT2D eigenvalue weighted by molar-refractivity contribution is 0.465. The Kier molecular flexibility index (Phi) is 10.1. The predicted octanol–water partition coefficient (Wildman–Crippen LogP) is 4.82. The van der Waals surface area contributed by atoms with Gasteiger partial charge >= 0.3 is 0 Å². The van der Waals surface area contributed by atoms with Gasteiger partial charge in [-0.3, -0.25) is 0 Å². The van der Waals surface area contributed by atoms with Gasteiger partial charge < -0.3 is 0 Å². The zero-order valence-corrected chi connectivity index (χ0v) is 22.1. The molecule has 0 atom stereocenters.